The van der Waals surface area contributed by atoms with Gasteiger partial charge >= 0.3 is 0 Å². The summed E-state index contributed by atoms with van der Waals surface area (Å²) in [6.45, 7) is 5.23. The van der Waals surface area contributed by atoms with Gasteiger partial charge in [0, 0.05) is 36.8 Å². The van der Waals surface area contributed by atoms with Gasteiger partial charge in [0.05, 0.1) is 5.69 Å². The van der Waals surface area contributed by atoms with Crippen molar-refractivity contribution in [2.24, 2.45) is 0 Å². The van der Waals surface area contributed by atoms with Gasteiger partial charge in [0.2, 0.25) is 0 Å². The molecule has 102 valence electrons. The van der Waals surface area contributed by atoms with Crippen LogP contribution in [-0.2, 0) is 0 Å². The Bertz CT molecular complexity index is 516. The Hall–Kier alpha value is -1.39. The summed E-state index contributed by atoms with van der Waals surface area (Å²) < 4.78 is 0. The first-order valence-electron chi connectivity index (χ1n) is 6.58. The minimum absolute atomic E-state index is 0.316. The number of hydrogen-bond donors (Lipinski definition) is 1. The molecule has 0 saturated carbocycles. The molecule has 1 N–H and O–H groups in total. The van der Waals surface area contributed by atoms with Gasteiger partial charge in [-0.2, -0.15) is 0 Å². The van der Waals surface area contributed by atoms with Gasteiger partial charge in [0.15, 0.2) is 0 Å². The molecule has 0 radical (unpaired) electrons. The molecule has 1 atom stereocenters. The molecule has 2 aromatic rings. The molecule has 1 unspecified atom stereocenters. The van der Waals surface area contributed by atoms with Gasteiger partial charge in [-0.1, -0.05) is 6.92 Å². The lowest BCUT2D eigenvalue weighted by atomic mass is 10.2. The first-order valence-corrected chi connectivity index (χ1v) is 7.46. The molecule has 0 bridgehead atoms. The number of anilines is 1. The standard InChI is InChI=1S/C15H21N3S/c1-5-16-11(2)14-10-19-15(17-14)12-6-8-13(9-7-12)18(3)4/h6-11,16H,5H2,1-4H3. The van der Waals surface area contributed by atoms with E-state index in [1.54, 1.807) is 11.3 Å². The zero-order valence-electron chi connectivity index (χ0n) is 12.0. The van der Waals surface area contributed by atoms with E-state index < -0.39 is 0 Å². The van der Waals surface area contributed by atoms with Crippen molar-refractivity contribution in [3.63, 3.8) is 0 Å². The van der Waals surface area contributed by atoms with Gasteiger partial charge in [-0.25, -0.2) is 4.98 Å². The lowest BCUT2D eigenvalue weighted by molar-refractivity contribution is 0.587. The normalized spacial score (nSPS) is 12.4. The Morgan fingerprint density at radius 3 is 2.53 bits per heavy atom. The zero-order valence-corrected chi connectivity index (χ0v) is 12.8. The van der Waals surface area contributed by atoms with E-state index in [1.165, 1.54) is 11.3 Å². The van der Waals surface area contributed by atoms with E-state index in [9.17, 15) is 0 Å². The van der Waals surface area contributed by atoms with Crippen molar-refractivity contribution >= 4 is 17.0 Å². The molecule has 3 nitrogen and oxygen atoms in total. The molecule has 4 heteroatoms. The minimum Gasteiger partial charge on any atom is -0.378 e. The summed E-state index contributed by atoms with van der Waals surface area (Å²) in [6.07, 6.45) is 0. The molecule has 0 aliphatic heterocycles. The lowest BCUT2D eigenvalue weighted by Gasteiger charge is -2.12. The molecule has 1 aromatic heterocycles. The lowest BCUT2D eigenvalue weighted by Crippen LogP contribution is -2.17. The molecule has 1 aromatic carbocycles. The maximum atomic E-state index is 4.72. The highest BCUT2D eigenvalue weighted by Crippen LogP contribution is 2.27. The van der Waals surface area contributed by atoms with Crippen molar-refractivity contribution in [2.75, 3.05) is 25.5 Å². The molecule has 0 saturated heterocycles. The fourth-order valence-electron chi connectivity index (χ4n) is 1.93. The Morgan fingerprint density at radius 1 is 1.26 bits per heavy atom. The van der Waals surface area contributed by atoms with Gasteiger partial charge in [0.1, 0.15) is 5.01 Å². The van der Waals surface area contributed by atoms with Crippen LogP contribution < -0.4 is 10.2 Å². The Balaban J connectivity index is 2.18. The Kier molecular flexibility index (Phi) is 4.56. The van der Waals surface area contributed by atoms with E-state index in [1.807, 2.05) is 0 Å². The van der Waals surface area contributed by atoms with Gasteiger partial charge in [-0.3, -0.25) is 0 Å². The molecule has 19 heavy (non-hydrogen) atoms. The van der Waals surface area contributed by atoms with Crippen LogP contribution >= 0.6 is 11.3 Å². The van der Waals surface area contributed by atoms with Crippen LogP contribution in [0.2, 0.25) is 0 Å². The van der Waals surface area contributed by atoms with E-state index in [-0.39, 0.29) is 0 Å². The second kappa shape index (κ2) is 6.17. The van der Waals surface area contributed by atoms with Crippen molar-refractivity contribution in [3.05, 3.63) is 35.3 Å². The third-order valence-corrected chi connectivity index (χ3v) is 4.02. The minimum atomic E-state index is 0.316. The summed E-state index contributed by atoms with van der Waals surface area (Å²) in [5.74, 6) is 0. The molecule has 0 spiro atoms. The maximum Gasteiger partial charge on any atom is 0.123 e. The highest BCUT2D eigenvalue weighted by molar-refractivity contribution is 7.13. The number of nitrogens with one attached hydrogen (secondary N) is 1. The summed E-state index contributed by atoms with van der Waals surface area (Å²) in [4.78, 5) is 6.82. The van der Waals surface area contributed by atoms with Crippen molar-refractivity contribution in [3.8, 4) is 10.6 Å². The number of benzene rings is 1. The summed E-state index contributed by atoms with van der Waals surface area (Å²) in [5, 5.41) is 6.62. The molecule has 0 fully saturated rings. The molecule has 0 aliphatic rings. The van der Waals surface area contributed by atoms with Crippen LogP contribution in [-0.4, -0.2) is 25.6 Å². The van der Waals surface area contributed by atoms with Gasteiger partial charge in [0.25, 0.3) is 0 Å². The number of rotatable bonds is 5. The van der Waals surface area contributed by atoms with E-state index >= 15 is 0 Å². The van der Waals surface area contributed by atoms with Gasteiger partial charge < -0.3 is 10.2 Å². The predicted octanol–water partition coefficient (Wildman–Crippen LogP) is 3.55. The SMILES string of the molecule is CCNC(C)c1csc(-c2ccc(N(C)C)cc2)n1. The number of hydrogen-bond acceptors (Lipinski definition) is 4. The first kappa shape index (κ1) is 14.0. The largest absolute Gasteiger partial charge is 0.378 e. The second-order valence-electron chi connectivity index (χ2n) is 4.80. The van der Waals surface area contributed by atoms with Crippen LogP contribution in [0.15, 0.2) is 29.6 Å². The summed E-state index contributed by atoms with van der Waals surface area (Å²) >= 11 is 1.71. The Morgan fingerprint density at radius 2 is 1.95 bits per heavy atom. The fraction of sp³-hybridized carbons (Fsp3) is 0.400. The summed E-state index contributed by atoms with van der Waals surface area (Å²) in [6, 6.07) is 8.84. The summed E-state index contributed by atoms with van der Waals surface area (Å²) in [7, 11) is 4.10. The molecule has 0 amide bonds. The predicted molar refractivity (Wildman–Crippen MR) is 84.0 cm³/mol. The van der Waals surface area contributed by atoms with Crippen LogP contribution in [0.1, 0.15) is 25.6 Å². The van der Waals surface area contributed by atoms with Crippen molar-refractivity contribution in [2.45, 2.75) is 19.9 Å². The molecule has 0 aliphatic carbocycles. The third kappa shape index (κ3) is 3.33. The Labute approximate surface area is 119 Å². The van der Waals surface area contributed by atoms with Gasteiger partial charge in [-0.05, 0) is 37.7 Å². The van der Waals surface area contributed by atoms with Gasteiger partial charge in [-0.15, -0.1) is 11.3 Å². The number of thiazole rings is 1. The van der Waals surface area contributed by atoms with Crippen LogP contribution in [0.5, 0.6) is 0 Å². The average molecular weight is 275 g/mol. The average Bonchev–Trinajstić information content (AvgIpc) is 2.89. The quantitative estimate of drug-likeness (QED) is 0.904. The molecular weight excluding hydrogens is 254 g/mol. The highest BCUT2D eigenvalue weighted by Gasteiger charge is 2.10. The van der Waals surface area contributed by atoms with Crippen LogP contribution in [0, 0.1) is 0 Å². The van der Waals surface area contributed by atoms with Crippen molar-refractivity contribution in [1.82, 2.24) is 10.3 Å². The number of aromatic nitrogens is 1. The monoisotopic (exact) mass is 275 g/mol. The smallest absolute Gasteiger partial charge is 0.123 e. The van der Waals surface area contributed by atoms with E-state index in [0.29, 0.717) is 6.04 Å². The van der Waals surface area contributed by atoms with E-state index in [2.05, 4.69) is 67.8 Å². The van der Waals surface area contributed by atoms with E-state index in [4.69, 9.17) is 4.98 Å². The van der Waals surface area contributed by atoms with Crippen LogP contribution in [0.3, 0.4) is 0 Å². The fourth-order valence-corrected chi connectivity index (χ4v) is 2.85. The van der Waals surface area contributed by atoms with Crippen LogP contribution in [0.4, 0.5) is 5.69 Å². The van der Waals surface area contributed by atoms with E-state index in [0.717, 1.165) is 17.2 Å². The topological polar surface area (TPSA) is 28.2 Å². The number of nitrogens with zero attached hydrogens (tertiary/aromatic N) is 2. The first-order chi connectivity index (χ1) is 9.11. The van der Waals surface area contributed by atoms with Crippen LogP contribution in [0.25, 0.3) is 10.6 Å². The van der Waals surface area contributed by atoms with Crippen molar-refractivity contribution < 1.29 is 0 Å². The zero-order chi connectivity index (χ0) is 13.8. The van der Waals surface area contributed by atoms with Crippen molar-refractivity contribution in [1.29, 1.82) is 0 Å². The highest BCUT2D eigenvalue weighted by atomic mass is 32.1. The third-order valence-electron chi connectivity index (χ3n) is 3.11. The molecular formula is C15H21N3S. The maximum absolute atomic E-state index is 4.72. The summed E-state index contributed by atoms with van der Waals surface area (Å²) in [5.41, 5.74) is 3.52. The molecule has 2 rings (SSSR count). The molecule has 1 heterocycles. The second-order valence-corrected chi connectivity index (χ2v) is 5.66.